The van der Waals surface area contributed by atoms with Crippen LogP contribution < -0.4 is 0 Å². The van der Waals surface area contributed by atoms with Crippen molar-refractivity contribution >= 4 is 5.97 Å². The van der Waals surface area contributed by atoms with E-state index in [4.69, 9.17) is 4.74 Å². The molecule has 13 heavy (non-hydrogen) atoms. The molecule has 0 N–H and O–H groups in total. The van der Waals surface area contributed by atoms with Gasteiger partial charge in [-0.25, -0.2) is 4.79 Å². The molecule has 0 atom stereocenters. The lowest BCUT2D eigenvalue weighted by molar-refractivity contribution is -0.868. The van der Waals surface area contributed by atoms with Gasteiger partial charge in [-0.3, -0.25) is 0 Å². The van der Waals surface area contributed by atoms with Crippen molar-refractivity contribution in [2.24, 2.45) is 0 Å². The van der Waals surface area contributed by atoms with Gasteiger partial charge in [0.05, 0.1) is 13.1 Å². The van der Waals surface area contributed by atoms with Crippen LogP contribution in [0.3, 0.4) is 0 Å². The van der Waals surface area contributed by atoms with Crippen molar-refractivity contribution in [2.75, 3.05) is 26.2 Å². The highest BCUT2D eigenvalue weighted by Crippen LogP contribution is 2.16. The molecule has 1 rings (SSSR count). The van der Waals surface area contributed by atoms with Gasteiger partial charge in [-0.2, -0.15) is 0 Å². The predicted molar refractivity (Wildman–Crippen MR) is 48.6 cm³/mol. The molecule has 4 nitrogen and oxygen atoms in total. The number of likely N-dealkylation sites (tertiary alicyclic amines) is 1. The Labute approximate surface area is 78.0 Å². The fourth-order valence-corrected chi connectivity index (χ4v) is 1.51. The number of hydrogen-bond acceptors (Lipinski definition) is 3. The van der Waals surface area contributed by atoms with Crippen LogP contribution in [-0.4, -0.2) is 36.9 Å². The Morgan fingerprint density at radius 2 is 2.15 bits per heavy atom. The van der Waals surface area contributed by atoms with E-state index in [1.165, 1.54) is 0 Å². The molecule has 0 radical (unpaired) electrons. The van der Waals surface area contributed by atoms with Crippen LogP contribution in [0.15, 0.2) is 12.7 Å². The maximum atomic E-state index is 11.7. The monoisotopic (exact) mass is 185 g/mol. The molecule has 1 fully saturated rings. The van der Waals surface area contributed by atoms with Gasteiger partial charge in [-0.15, -0.1) is 0 Å². The van der Waals surface area contributed by atoms with Crippen LogP contribution in [0.1, 0.15) is 12.8 Å². The summed E-state index contributed by atoms with van der Waals surface area (Å²) in [6, 6.07) is 0. The third kappa shape index (κ3) is 3.16. The minimum Gasteiger partial charge on any atom is -0.633 e. The Balaban J connectivity index is 2.18. The fourth-order valence-electron chi connectivity index (χ4n) is 1.51. The highest BCUT2D eigenvalue weighted by atomic mass is 16.6. The van der Waals surface area contributed by atoms with Gasteiger partial charge in [0, 0.05) is 18.9 Å². The van der Waals surface area contributed by atoms with Crippen molar-refractivity contribution in [3.8, 4) is 0 Å². The molecule has 1 heterocycles. The molecule has 0 amide bonds. The summed E-state index contributed by atoms with van der Waals surface area (Å²) >= 11 is 0. The van der Waals surface area contributed by atoms with E-state index in [0.29, 0.717) is 19.6 Å². The van der Waals surface area contributed by atoms with Gasteiger partial charge in [-0.05, 0) is 0 Å². The van der Waals surface area contributed by atoms with E-state index in [0.717, 1.165) is 18.9 Å². The molecule has 0 aliphatic carbocycles. The number of nitrogens with zero attached hydrogens (tertiary/aromatic N) is 1. The van der Waals surface area contributed by atoms with Gasteiger partial charge in [0.1, 0.15) is 13.2 Å². The molecule has 74 valence electrons. The second kappa shape index (κ2) is 4.39. The summed E-state index contributed by atoms with van der Waals surface area (Å²) in [7, 11) is 0. The number of hydroxylamine groups is 3. The van der Waals surface area contributed by atoms with Crippen molar-refractivity contribution in [1.29, 1.82) is 0 Å². The molecule has 4 heteroatoms. The number of quaternary nitrogens is 1. The molecule has 0 aromatic carbocycles. The van der Waals surface area contributed by atoms with Gasteiger partial charge >= 0.3 is 5.97 Å². The Morgan fingerprint density at radius 3 is 2.69 bits per heavy atom. The second-order valence-electron chi connectivity index (χ2n) is 3.31. The molecule has 0 aromatic rings. The lowest BCUT2D eigenvalue weighted by Gasteiger charge is -2.37. The maximum absolute atomic E-state index is 11.7. The first-order valence-corrected chi connectivity index (χ1v) is 4.53. The molecule has 0 bridgehead atoms. The molecule has 1 aliphatic heterocycles. The third-order valence-corrected chi connectivity index (χ3v) is 2.29. The smallest absolute Gasteiger partial charge is 0.330 e. The predicted octanol–water partition coefficient (Wildman–Crippen LogP) is 0.824. The molecule has 0 spiro atoms. The van der Waals surface area contributed by atoms with E-state index in [1.807, 2.05) is 0 Å². The molecule has 0 saturated carbocycles. The summed E-state index contributed by atoms with van der Waals surface area (Å²) < 4.78 is 4.54. The van der Waals surface area contributed by atoms with Crippen LogP contribution in [0.2, 0.25) is 0 Å². The van der Waals surface area contributed by atoms with Gasteiger partial charge in [-0.1, -0.05) is 6.58 Å². The zero-order chi connectivity index (χ0) is 9.73. The molecule has 1 saturated heterocycles. The van der Waals surface area contributed by atoms with Gasteiger partial charge in [0.25, 0.3) is 0 Å². The Kier molecular flexibility index (Phi) is 3.45. The zero-order valence-electron chi connectivity index (χ0n) is 7.70. The van der Waals surface area contributed by atoms with Crippen molar-refractivity contribution in [3.05, 3.63) is 17.9 Å². The first kappa shape index (κ1) is 10.2. The summed E-state index contributed by atoms with van der Waals surface area (Å²) in [5.74, 6) is -0.453. The van der Waals surface area contributed by atoms with Crippen LogP contribution in [-0.2, 0) is 9.53 Å². The Bertz CT molecular complexity index is 197. The summed E-state index contributed by atoms with van der Waals surface area (Å²) in [6.45, 7) is 5.16. The third-order valence-electron chi connectivity index (χ3n) is 2.29. The number of rotatable bonds is 4. The second-order valence-corrected chi connectivity index (χ2v) is 3.31. The summed E-state index contributed by atoms with van der Waals surface area (Å²) in [6.07, 6.45) is 3.08. The normalized spacial score (nSPS) is 19.8. The first-order chi connectivity index (χ1) is 6.16. The van der Waals surface area contributed by atoms with Crippen molar-refractivity contribution in [1.82, 2.24) is 0 Å². The highest BCUT2D eigenvalue weighted by molar-refractivity contribution is 5.81. The topological polar surface area (TPSA) is 49.4 Å². The number of carbonyl (C=O) groups excluding carboxylic acids is 1. The van der Waals surface area contributed by atoms with E-state index in [2.05, 4.69) is 6.58 Å². The average molecular weight is 185 g/mol. The Hall–Kier alpha value is -0.870. The lowest BCUT2D eigenvalue weighted by Crippen LogP contribution is -2.41. The van der Waals surface area contributed by atoms with Gasteiger partial charge in [0.2, 0.25) is 0 Å². The number of esters is 1. The van der Waals surface area contributed by atoms with E-state index in [1.54, 1.807) is 0 Å². The quantitative estimate of drug-likeness (QED) is 0.282. The lowest BCUT2D eigenvalue weighted by atomic mass is 10.4. The fraction of sp³-hybridized carbons (Fsp3) is 0.667. The minimum atomic E-state index is -0.453. The highest BCUT2D eigenvalue weighted by Gasteiger charge is 2.22. The van der Waals surface area contributed by atoms with Crippen molar-refractivity contribution in [3.63, 3.8) is 0 Å². The number of carbonyl (C=O) groups is 1. The Morgan fingerprint density at radius 1 is 1.54 bits per heavy atom. The number of hydrogen-bond donors (Lipinski definition) is 0. The van der Waals surface area contributed by atoms with E-state index >= 15 is 0 Å². The van der Waals surface area contributed by atoms with Crippen LogP contribution in [0.5, 0.6) is 0 Å². The van der Waals surface area contributed by atoms with Crippen LogP contribution in [0.25, 0.3) is 0 Å². The van der Waals surface area contributed by atoms with Gasteiger partial charge in [0.15, 0.2) is 0 Å². The first-order valence-electron chi connectivity index (χ1n) is 4.53. The SMILES string of the molecule is C=CC(=O)OCC[N+]1([O-])CCCC1. The largest absolute Gasteiger partial charge is 0.633 e. The molecule has 0 unspecified atom stereocenters. The summed E-state index contributed by atoms with van der Waals surface area (Å²) in [5.41, 5.74) is 0. The molecular weight excluding hydrogens is 170 g/mol. The summed E-state index contributed by atoms with van der Waals surface area (Å²) in [4.78, 5) is 10.6. The van der Waals surface area contributed by atoms with Crippen molar-refractivity contribution < 1.29 is 14.2 Å². The van der Waals surface area contributed by atoms with E-state index in [9.17, 15) is 10.0 Å². The van der Waals surface area contributed by atoms with Crippen LogP contribution >= 0.6 is 0 Å². The van der Waals surface area contributed by atoms with Crippen LogP contribution in [0.4, 0.5) is 0 Å². The maximum Gasteiger partial charge on any atom is 0.330 e. The van der Waals surface area contributed by atoms with E-state index in [-0.39, 0.29) is 11.3 Å². The standard InChI is InChI=1S/C9H15NO3/c1-2-9(11)13-8-7-10(12)5-3-4-6-10/h2H,1,3-8H2. The average Bonchev–Trinajstić information content (AvgIpc) is 2.52. The molecule has 0 aromatic heterocycles. The molecule has 1 aliphatic rings. The van der Waals surface area contributed by atoms with Crippen molar-refractivity contribution in [2.45, 2.75) is 12.8 Å². The summed E-state index contributed by atoms with van der Waals surface area (Å²) in [5, 5.41) is 11.7. The molecular formula is C9H15NO3. The van der Waals surface area contributed by atoms with Gasteiger partial charge < -0.3 is 14.6 Å². The van der Waals surface area contributed by atoms with Crippen LogP contribution in [0, 0.1) is 5.21 Å². The minimum absolute atomic E-state index is 0.203. The number of ether oxygens (including phenoxy) is 1. The zero-order valence-corrected chi connectivity index (χ0v) is 7.70. The van der Waals surface area contributed by atoms with E-state index < -0.39 is 5.97 Å².